The van der Waals surface area contributed by atoms with Gasteiger partial charge in [0.1, 0.15) is 19.3 Å². The maximum absolute atomic E-state index is 13.1. The van der Waals surface area contributed by atoms with Crippen LogP contribution in [0.4, 0.5) is 0 Å². The van der Waals surface area contributed by atoms with E-state index < -0.39 is 97.5 Å². The average molecular weight is 1490 g/mol. The summed E-state index contributed by atoms with van der Waals surface area (Å²) in [5.74, 6) is 1.01. The van der Waals surface area contributed by atoms with Gasteiger partial charge in [0, 0.05) is 25.7 Å². The van der Waals surface area contributed by atoms with Crippen molar-refractivity contribution >= 4 is 39.5 Å². The second-order valence-electron chi connectivity index (χ2n) is 31.5. The van der Waals surface area contributed by atoms with E-state index in [1.54, 1.807) is 0 Å². The van der Waals surface area contributed by atoms with Crippen molar-refractivity contribution in [3.8, 4) is 0 Å². The Bertz CT molecular complexity index is 1990. The zero-order valence-electron chi connectivity index (χ0n) is 67.2. The van der Waals surface area contributed by atoms with E-state index in [1.807, 2.05) is 0 Å². The van der Waals surface area contributed by atoms with Crippen LogP contribution in [0.15, 0.2) is 0 Å². The quantitative estimate of drug-likeness (QED) is 0.0222. The number of aliphatic hydroxyl groups excluding tert-OH is 1. The van der Waals surface area contributed by atoms with Crippen LogP contribution in [0.25, 0.3) is 0 Å². The second-order valence-corrected chi connectivity index (χ2v) is 34.4. The molecule has 0 aliphatic heterocycles. The van der Waals surface area contributed by atoms with E-state index in [4.69, 9.17) is 37.0 Å². The summed E-state index contributed by atoms with van der Waals surface area (Å²) in [5, 5.41) is 10.7. The lowest BCUT2D eigenvalue weighted by atomic mass is 9.99. The standard InChI is InChI=1S/C83H162O17P2/c1-9-76(8)62-54-46-37-31-25-19-14-16-22-28-34-40-50-58-66-83(88)100-79(70-94-81(86)64-56-48-42-41-45-53-61-75(6)7)72-98-102(91,92)96-68-77(84)67-95-101(89,90)97-71-78(69-93-80(85)63-55-47-38-32-26-20-15-13-18-24-30-36-44-52-60-74(4)5)99-82(87)65-57-49-39-33-27-21-12-10-11-17-23-29-35-43-51-59-73(2)3/h73-79,84H,9-72H2,1-8H3,(H,89,90)(H,91,92)/t76?,77-,78-,79-/m1/s1. The molecule has 0 heterocycles. The summed E-state index contributed by atoms with van der Waals surface area (Å²) >= 11 is 0. The van der Waals surface area contributed by atoms with Crippen LogP contribution in [-0.4, -0.2) is 96.7 Å². The lowest BCUT2D eigenvalue weighted by molar-refractivity contribution is -0.161. The molecule has 0 aromatic rings. The summed E-state index contributed by atoms with van der Waals surface area (Å²) in [4.78, 5) is 73.1. The van der Waals surface area contributed by atoms with Crippen molar-refractivity contribution < 1.29 is 80.2 Å². The Kier molecular flexibility index (Phi) is 70.6. The van der Waals surface area contributed by atoms with Gasteiger partial charge in [-0.3, -0.25) is 37.3 Å². The number of carbonyl (C=O) groups is 4. The molecule has 0 saturated carbocycles. The lowest BCUT2D eigenvalue weighted by Gasteiger charge is -2.21. The molecule has 606 valence electrons. The molecular formula is C83H162O17P2. The topological polar surface area (TPSA) is 237 Å². The molecule has 6 atom stereocenters. The summed E-state index contributed by atoms with van der Waals surface area (Å²) < 4.78 is 68.8. The Labute approximate surface area is 626 Å². The predicted molar refractivity (Wildman–Crippen MR) is 418 cm³/mol. The first-order valence-corrected chi connectivity index (χ1v) is 45.7. The Balaban J connectivity index is 5.23. The molecule has 3 N–H and O–H groups in total. The van der Waals surface area contributed by atoms with E-state index in [-0.39, 0.29) is 25.7 Å². The second kappa shape index (κ2) is 72.0. The minimum absolute atomic E-state index is 0.106. The fraction of sp³-hybridized carbons (Fsp3) is 0.952. The van der Waals surface area contributed by atoms with E-state index in [0.29, 0.717) is 31.6 Å². The number of aliphatic hydroxyl groups is 1. The van der Waals surface area contributed by atoms with E-state index in [9.17, 15) is 43.2 Å². The molecule has 19 heteroatoms. The van der Waals surface area contributed by atoms with Crippen molar-refractivity contribution in [1.82, 2.24) is 0 Å². The summed E-state index contributed by atoms with van der Waals surface area (Å²) in [7, 11) is -9.92. The van der Waals surface area contributed by atoms with Crippen LogP contribution in [0.2, 0.25) is 0 Å². The molecule has 0 radical (unpaired) electrons. The van der Waals surface area contributed by atoms with E-state index in [2.05, 4.69) is 55.4 Å². The normalized spacial score (nSPS) is 14.3. The van der Waals surface area contributed by atoms with Gasteiger partial charge in [-0.15, -0.1) is 0 Å². The minimum Gasteiger partial charge on any atom is -0.462 e. The monoisotopic (exact) mass is 1490 g/mol. The highest BCUT2D eigenvalue weighted by molar-refractivity contribution is 7.47. The Hall–Kier alpha value is -1.94. The Morgan fingerprint density at radius 3 is 0.696 bits per heavy atom. The van der Waals surface area contributed by atoms with E-state index in [0.717, 1.165) is 114 Å². The third-order valence-electron chi connectivity index (χ3n) is 19.7. The molecule has 0 bridgehead atoms. The Morgan fingerprint density at radius 1 is 0.275 bits per heavy atom. The van der Waals surface area contributed by atoms with Gasteiger partial charge in [-0.1, -0.05) is 376 Å². The van der Waals surface area contributed by atoms with Crippen molar-refractivity contribution in [3.63, 3.8) is 0 Å². The number of hydrogen-bond donors (Lipinski definition) is 3. The summed E-state index contributed by atoms with van der Waals surface area (Å²) in [6, 6.07) is 0. The van der Waals surface area contributed by atoms with Crippen molar-refractivity contribution in [1.29, 1.82) is 0 Å². The molecule has 0 rings (SSSR count). The molecule has 102 heavy (non-hydrogen) atoms. The van der Waals surface area contributed by atoms with Crippen molar-refractivity contribution in [2.45, 2.75) is 446 Å². The summed E-state index contributed by atoms with van der Waals surface area (Å²) in [6.45, 7) is 14.3. The van der Waals surface area contributed by atoms with Gasteiger partial charge >= 0.3 is 39.5 Å². The van der Waals surface area contributed by atoms with Crippen molar-refractivity contribution in [2.75, 3.05) is 39.6 Å². The molecule has 0 amide bonds. The van der Waals surface area contributed by atoms with Crippen molar-refractivity contribution in [3.05, 3.63) is 0 Å². The zero-order valence-corrected chi connectivity index (χ0v) is 69.0. The van der Waals surface area contributed by atoms with Crippen LogP contribution in [0, 0.1) is 23.7 Å². The molecule has 3 unspecified atom stereocenters. The highest BCUT2D eigenvalue weighted by atomic mass is 31.2. The summed E-state index contributed by atoms with van der Waals surface area (Å²) in [5.41, 5.74) is 0. The predicted octanol–water partition coefficient (Wildman–Crippen LogP) is 24.8. The SMILES string of the molecule is CCC(C)CCCCCCCCCCCCCCCCC(=O)O[C@H](COC(=O)CCCCCCCCC(C)C)COP(=O)(O)OC[C@H](O)COP(=O)(O)OC[C@@H](COC(=O)CCCCCCCCCCCCCCCCC(C)C)OC(=O)CCCCCCCCCCCCCCCCCC(C)C. The van der Waals surface area contributed by atoms with Gasteiger partial charge < -0.3 is 33.8 Å². The third kappa shape index (κ3) is 74.9. The number of hydrogen-bond acceptors (Lipinski definition) is 15. The number of unbranched alkanes of at least 4 members (excludes halogenated alkanes) is 45. The lowest BCUT2D eigenvalue weighted by Crippen LogP contribution is -2.30. The third-order valence-corrected chi connectivity index (χ3v) is 21.6. The first kappa shape index (κ1) is 100. The molecule has 0 aliphatic carbocycles. The minimum atomic E-state index is -4.96. The van der Waals surface area contributed by atoms with E-state index >= 15 is 0 Å². The van der Waals surface area contributed by atoms with Crippen LogP contribution in [0.1, 0.15) is 428 Å². The van der Waals surface area contributed by atoms with Crippen LogP contribution in [0.5, 0.6) is 0 Å². The fourth-order valence-electron chi connectivity index (χ4n) is 12.8. The summed E-state index contributed by atoms with van der Waals surface area (Å²) in [6.07, 6.45) is 59.7. The van der Waals surface area contributed by atoms with Gasteiger partial charge in [0.15, 0.2) is 12.2 Å². The highest BCUT2D eigenvalue weighted by Crippen LogP contribution is 2.45. The number of phosphoric acid groups is 2. The molecule has 17 nitrogen and oxygen atoms in total. The molecule has 0 aromatic heterocycles. The molecule has 0 spiro atoms. The van der Waals surface area contributed by atoms with E-state index in [1.165, 1.54) is 225 Å². The molecule has 0 fully saturated rings. The maximum atomic E-state index is 13.1. The zero-order chi connectivity index (χ0) is 75.3. The van der Waals surface area contributed by atoms with Crippen LogP contribution >= 0.6 is 15.6 Å². The fourth-order valence-corrected chi connectivity index (χ4v) is 14.3. The van der Waals surface area contributed by atoms with Gasteiger partial charge in [0.25, 0.3) is 0 Å². The van der Waals surface area contributed by atoms with Gasteiger partial charge in [0.2, 0.25) is 0 Å². The van der Waals surface area contributed by atoms with Crippen LogP contribution in [0.3, 0.4) is 0 Å². The number of phosphoric ester groups is 2. The first-order chi connectivity index (χ1) is 49.1. The Morgan fingerprint density at radius 2 is 0.471 bits per heavy atom. The number of rotatable bonds is 80. The molecule has 0 aliphatic rings. The van der Waals surface area contributed by atoms with Gasteiger partial charge in [-0.25, -0.2) is 9.13 Å². The smallest absolute Gasteiger partial charge is 0.462 e. The molecule has 0 aromatic carbocycles. The van der Waals surface area contributed by atoms with Crippen molar-refractivity contribution in [2.24, 2.45) is 23.7 Å². The van der Waals surface area contributed by atoms with Gasteiger partial charge in [-0.2, -0.15) is 0 Å². The molecular weight excluding hydrogens is 1330 g/mol. The maximum Gasteiger partial charge on any atom is 0.472 e. The van der Waals surface area contributed by atoms with Gasteiger partial charge in [0.05, 0.1) is 26.4 Å². The highest BCUT2D eigenvalue weighted by Gasteiger charge is 2.30. The number of esters is 4. The first-order valence-electron chi connectivity index (χ1n) is 42.7. The number of carbonyl (C=O) groups excluding carboxylic acids is 4. The van der Waals surface area contributed by atoms with Crippen LogP contribution in [-0.2, 0) is 65.4 Å². The van der Waals surface area contributed by atoms with Crippen LogP contribution < -0.4 is 0 Å². The largest absolute Gasteiger partial charge is 0.472 e. The average Bonchev–Trinajstić information content (AvgIpc) is 0.919. The van der Waals surface area contributed by atoms with Gasteiger partial charge in [-0.05, 0) is 49.4 Å². The molecule has 0 saturated heterocycles. The number of ether oxygens (including phenoxy) is 4.